The fourth-order valence-corrected chi connectivity index (χ4v) is 5.51. The number of nitrogens with one attached hydrogen (secondary N) is 1. The fourth-order valence-electron chi connectivity index (χ4n) is 5.15. The van der Waals surface area contributed by atoms with E-state index in [2.05, 4.69) is 21.2 Å². The molecule has 0 saturated carbocycles. The van der Waals surface area contributed by atoms with Gasteiger partial charge in [0.25, 0.3) is 5.91 Å². The van der Waals surface area contributed by atoms with Gasteiger partial charge in [-0.2, -0.15) is 0 Å². The van der Waals surface area contributed by atoms with Crippen LogP contribution in [0, 0.1) is 12.7 Å². The van der Waals surface area contributed by atoms with E-state index in [1.165, 1.54) is 19.2 Å². The van der Waals surface area contributed by atoms with Crippen molar-refractivity contribution in [3.63, 3.8) is 0 Å². The highest BCUT2D eigenvalue weighted by atomic mass is 79.9. The lowest BCUT2D eigenvalue weighted by Crippen LogP contribution is -2.42. The van der Waals surface area contributed by atoms with E-state index in [0.717, 1.165) is 10.0 Å². The minimum absolute atomic E-state index is 0.0515. The van der Waals surface area contributed by atoms with Gasteiger partial charge in [-0.05, 0) is 49.2 Å². The Kier molecular flexibility index (Phi) is 9.93. The molecule has 6 nitrogen and oxygen atoms in total. The zero-order valence-electron chi connectivity index (χ0n) is 24.0. The molecule has 2 atom stereocenters. The van der Waals surface area contributed by atoms with Crippen molar-refractivity contribution in [2.45, 2.75) is 51.8 Å². The minimum atomic E-state index is -1.77. The van der Waals surface area contributed by atoms with Crippen molar-refractivity contribution in [2.24, 2.45) is 0 Å². The number of esters is 1. The second-order valence-corrected chi connectivity index (χ2v) is 11.3. The number of hydrogen-bond acceptors (Lipinski definition) is 5. The molecule has 0 fully saturated rings. The summed E-state index contributed by atoms with van der Waals surface area (Å²) in [5, 5.41) is 3.55. The number of rotatable bonds is 11. The Bertz CT molecular complexity index is 1600. The van der Waals surface area contributed by atoms with Crippen LogP contribution in [0.2, 0.25) is 0 Å². The number of methoxy groups -OCH3 is 1. The number of pyridine rings is 1. The molecule has 0 bridgehead atoms. The Morgan fingerprint density at radius 2 is 1.83 bits per heavy atom. The lowest BCUT2D eigenvalue weighted by molar-refractivity contribution is -0.159. The Morgan fingerprint density at radius 1 is 1.10 bits per heavy atom. The van der Waals surface area contributed by atoms with Crippen molar-refractivity contribution < 1.29 is 27.8 Å². The normalized spacial score (nSPS) is 13.3. The van der Waals surface area contributed by atoms with Gasteiger partial charge in [-0.3, -0.25) is 9.59 Å². The van der Waals surface area contributed by atoms with Crippen LogP contribution in [0.3, 0.4) is 0 Å². The van der Waals surface area contributed by atoms with E-state index in [1.54, 1.807) is 19.9 Å². The second-order valence-electron chi connectivity index (χ2n) is 10.4. The number of fused-ring (bicyclic) bond motifs is 1. The van der Waals surface area contributed by atoms with Crippen LogP contribution in [0.4, 0.5) is 8.78 Å². The molecule has 0 spiro atoms. The molecular formula is C33H33BrF2N2O4. The first kappa shape index (κ1) is 31.1. The highest BCUT2D eigenvalue weighted by Crippen LogP contribution is 2.38. The largest absolute Gasteiger partial charge is 0.496 e. The number of ether oxygens (including phenoxy) is 2. The molecule has 220 valence electrons. The van der Waals surface area contributed by atoms with E-state index < -0.39 is 35.9 Å². The van der Waals surface area contributed by atoms with Gasteiger partial charge in [-0.1, -0.05) is 66.2 Å². The Balaban J connectivity index is 1.75. The van der Waals surface area contributed by atoms with Gasteiger partial charge in [0, 0.05) is 39.4 Å². The summed E-state index contributed by atoms with van der Waals surface area (Å²) in [6, 6.07) is 19.4. The quantitative estimate of drug-likeness (QED) is 0.169. The predicted octanol–water partition coefficient (Wildman–Crippen LogP) is 7.84. The van der Waals surface area contributed by atoms with E-state index >= 15 is 4.39 Å². The third kappa shape index (κ3) is 6.78. The SMILES string of the molecule is CCCC(F)OC(=O)CC(C)(CNC(=O)c1c(C)c(-c2ccccc2)nc2ccc(Br)cc12)c1c(F)cccc1OC. The number of benzene rings is 3. The smallest absolute Gasteiger partial charge is 0.309 e. The van der Waals surface area contributed by atoms with Gasteiger partial charge < -0.3 is 14.8 Å². The number of halogens is 3. The molecule has 0 radical (unpaired) electrons. The molecule has 1 N–H and O–H groups in total. The highest BCUT2D eigenvalue weighted by molar-refractivity contribution is 9.10. The average molecular weight is 640 g/mol. The second kappa shape index (κ2) is 13.4. The number of aromatic nitrogens is 1. The molecule has 0 aliphatic rings. The zero-order chi connectivity index (χ0) is 30.4. The van der Waals surface area contributed by atoms with Crippen LogP contribution in [0.15, 0.2) is 71.2 Å². The number of hydrogen-bond donors (Lipinski definition) is 1. The van der Waals surface area contributed by atoms with Crippen LogP contribution in [0.5, 0.6) is 5.75 Å². The summed E-state index contributed by atoms with van der Waals surface area (Å²) in [4.78, 5) is 31.7. The maximum atomic E-state index is 15.3. The summed E-state index contributed by atoms with van der Waals surface area (Å²) in [5.41, 5.74) is 1.94. The van der Waals surface area contributed by atoms with Crippen LogP contribution >= 0.6 is 15.9 Å². The van der Waals surface area contributed by atoms with Crippen molar-refractivity contribution in [2.75, 3.05) is 13.7 Å². The number of carbonyl (C=O) groups is 2. The molecule has 3 aromatic carbocycles. The van der Waals surface area contributed by atoms with E-state index in [9.17, 15) is 14.0 Å². The van der Waals surface area contributed by atoms with Crippen molar-refractivity contribution in [3.8, 4) is 17.0 Å². The third-order valence-electron chi connectivity index (χ3n) is 7.21. The maximum absolute atomic E-state index is 15.3. The van der Waals surface area contributed by atoms with Gasteiger partial charge in [0.1, 0.15) is 11.6 Å². The van der Waals surface area contributed by atoms with Crippen molar-refractivity contribution in [1.82, 2.24) is 10.3 Å². The molecule has 2 unspecified atom stereocenters. The van der Waals surface area contributed by atoms with Crippen LogP contribution in [0.25, 0.3) is 22.2 Å². The molecule has 1 aromatic heterocycles. The minimum Gasteiger partial charge on any atom is -0.496 e. The lowest BCUT2D eigenvalue weighted by Gasteiger charge is -2.31. The molecule has 4 rings (SSSR count). The molecule has 1 heterocycles. The highest BCUT2D eigenvalue weighted by Gasteiger charge is 2.37. The first-order valence-electron chi connectivity index (χ1n) is 13.7. The average Bonchev–Trinajstić information content (AvgIpc) is 2.95. The van der Waals surface area contributed by atoms with E-state index in [1.807, 2.05) is 55.5 Å². The van der Waals surface area contributed by atoms with Crippen LogP contribution in [-0.4, -0.2) is 36.9 Å². The Morgan fingerprint density at radius 3 is 2.52 bits per heavy atom. The summed E-state index contributed by atoms with van der Waals surface area (Å²) in [5.74, 6) is -1.70. The standard InChI is InChI=1S/C33H33BrF2N2O4/c1-5-10-27(36)42-28(39)18-33(3,30-24(35)13-9-14-26(30)41-4)19-37-32(40)29-20(2)31(21-11-7-6-8-12-21)38-25-16-15-22(34)17-23(25)29/h6-9,11-17,27H,5,10,18-19H2,1-4H3,(H,37,40). The topological polar surface area (TPSA) is 77.5 Å². The predicted molar refractivity (Wildman–Crippen MR) is 163 cm³/mol. The zero-order valence-corrected chi connectivity index (χ0v) is 25.6. The third-order valence-corrected chi connectivity index (χ3v) is 7.71. The first-order chi connectivity index (χ1) is 20.1. The van der Waals surface area contributed by atoms with Crippen LogP contribution in [-0.2, 0) is 14.9 Å². The molecule has 0 aliphatic heterocycles. The molecule has 42 heavy (non-hydrogen) atoms. The van der Waals surface area contributed by atoms with Gasteiger partial charge in [-0.15, -0.1) is 0 Å². The van der Waals surface area contributed by atoms with E-state index in [0.29, 0.717) is 34.1 Å². The Hall–Kier alpha value is -3.85. The van der Waals surface area contributed by atoms with Crippen LogP contribution < -0.4 is 10.1 Å². The maximum Gasteiger partial charge on any atom is 0.309 e. The summed E-state index contributed by atoms with van der Waals surface area (Å²) in [7, 11) is 1.39. The number of amides is 1. The summed E-state index contributed by atoms with van der Waals surface area (Å²) >= 11 is 3.49. The molecule has 0 aliphatic carbocycles. The lowest BCUT2D eigenvalue weighted by atomic mass is 9.78. The monoisotopic (exact) mass is 638 g/mol. The molecule has 4 aromatic rings. The first-order valence-corrected chi connectivity index (χ1v) is 14.5. The van der Waals surface area contributed by atoms with Crippen molar-refractivity contribution in [1.29, 1.82) is 0 Å². The van der Waals surface area contributed by atoms with Gasteiger partial charge in [0.15, 0.2) is 0 Å². The number of carbonyl (C=O) groups excluding carboxylic acids is 2. The van der Waals surface area contributed by atoms with Gasteiger partial charge in [0.05, 0.1) is 30.3 Å². The van der Waals surface area contributed by atoms with E-state index in [4.69, 9.17) is 14.5 Å². The number of nitrogens with zero attached hydrogens (tertiary/aromatic N) is 1. The fraction of sp³-hybridized carbons (Fsp3) is 0.303. The van der Waals surface area contributed by atoms with Gasteiger partial charge in [-0.25, -0.2) is 13.8 Å². The van der Waals surface area contributed by atoms with Gasteiger partial charge in [0.2, 0.25) is 6.36 Å². The summed E-state index contributed by atoms with van der Waals surface area (Å²) < 4.78 is 40.7. The van der Waals surface area contributed by atoms with E-state index in [-0.39, 0.29) is 24.3 Å². The van der Waals surface area contributed by atoms with Crippen molar-refractivity contribution in [3.05, 3.63) is 93.7 Å². The van der Waals surface area contributed by atoms with Gasteiger partial charge >= 0.3 is 5.97 Å². The Labute approximate surface area is 252 Å². The summed E-state index contributed by atoms with van der Waals surface area (Å²) in [6.07, 6.45) is -1.63. The van der Waals surface area contributed by atoms with Crippen LogP contribution in [0.1, 0.15) is 54.6 Å². The molecule has 9 heteroatoms. The molecule has 1 amide bonds. The van der Waals surface area contributed by atoms with Crippen molar-refractivity contribution >= 4 is 38.7 Å². The molecular weight excluding hydrogens is 606 g/mol. The number of alkyl halides is 1. The summed E-state index contributed by atoms with van der Waals surface area (Å²) in [6.45, 7) is 5.06. The molecule has 0 saturated heterocycles.